The molecular weight excluding hydrogens is 438 g/mol. The Balaban J connectivity index is 1.48. The zero-order valence-corrected chi connectivity index (χ0v) is 18.0. The fourth-order valence-corrected chi connectivity index (χ4v) is 4.68. The van der Waals surface area contributed by atoms with Crippen molar-refractivity contribution in [2.45, 2.75) is 16.3 Å². The maximum Gasteiger partial charge on any atom is 0.253 e. The number of benzene rings is 2. The Kier molecular flexibility index (Phi) is 5.67. The van der Waals surface area contributed by atoms with Gasteiger partial charge in [-0.3, -0.25) is 4.79 Å². The van der Waals surface area contributed by atoms with Crippen molar-refractivity contribution >= 4 is 33.0 Å². The molecule has 0 aliphatic carbocycles. The topological polar surface area (TPSA) is 89.8 Å². The van der Waals surface area contributed by atoms with Gasteiger partial charge in [0.15, 0.2) is 0 Å². The number of pyridine rings is 1. The number of fused-ring (bicyclic) bond motifs is 1. The lowest BCUT2D eigenvalue weighted by Gasteiger charge is -2.11. The van der Waals surface area contributed by atoms with Gasteiger partial charge in [-0.1, -0.05) is 23.7 Å². The molecule has 0 atom stereocenters. The maximum atomic E-state index is 13.0. The maximum absolute atomic E-state index is 13.0. The fraction of sp³-hybridized carbons (Fsp3) is 0.0909. The molecule has 9 heteroatoms. The van der Waals surface area contributed by atoms with Crippen LogP contribution in [0.1, 0.15) is 15.9 Å². The Morgan fingerprint density at radius 3 is 2.65 bits per heavy atom. The second kappa shape index (κ2) is 8.41. The van der Waals surface area contributed by atoms with E-state index in [2.05, 4.69) is 10.3 Å². The van der Waals surface area contributed by atoms with Crippen molar-refractivity contribution in [1.82, 2.24) is 14.7 Å². The zero-order valence-electron chi connectivity index (χ0n) is 16.4. The second-order valence-electron chi connectivity index (χ2n) is 6.74. The van der Waals surface area contributed by atoms with Gasteiger partial charge in [0.25, 0.3) is 5.91 Å². The normalized spacial score (nSPS) is 11.4. The van der Waals surface area contributed by atoms with Crippen molar-refractivity contribution in [2.75, 3.05) is 7.11 Å². The number of methoxy groups -OCH3 is 1. The number of carbonyl (C=O) groups is 1. The summed E-state index contributed by atoms with van der Waals surface area (Å²) in [6.07, 6.45) is 5.13. The molecule has 4 aromatic rings. The first-order valence-corrected chi connectivity index (χ1v) is 11.1. The average molecular weight is 456 g/mol. The molecule has 1 N–H and O–H groups in total. The minimum absolute atomic E-state index is 0.0374. The number of ether oxygens (including phenoxy) is 1. The van der Waals surface area contributed by atoms with Crippen LogP contribution in [0.3, 0.4) is 0 Å². The Bertz CT molecular complexity index is 1370. The van der Waals surface area contributed by atoms with Gasteiger partial charge in [-0.15, -0.1) is 0 Å². The molecular formula is C22H18ClN3O4S. The molecule has 2 aromatic heterocycles. The van der Waals surface area contributed by atoms with E-state index < -0.39 is 9.84 Å². The molecule has 7 nitrogen and oxygen atoms in total. The summed E-state index contributed by atoms with van der Waals surface area (Å²) in [4.78, 5) is 16.7. The molecule has 0 bridgehead atoms. The summed E-state index contributed by atoms with van der Waals surface area (Å²) in [5.41, 5.74) is 2.02. The molecule has 0 aliphatic heterocycles. The zero-order chi connectivity index (χ0) is 22.0. The molecule has 1 amide bonds. The molecule has 158 valence electrons. The lowest BCUT2D eigenvalue weighted by Crippen LogP contribution is -2.23. The van der Waals surface area contributed by atoms with Crippen LogP contribution in [0.2, 0.25) is 5.02 Å². The first kappa shape index (κ1) is 20.9. The summed E-state index contributed by atoms with van der Waals surface area (Å²) >= 11 is 5.93. The minimum atomic E-state index is -3.78. The molecule has 31 heavy (non-hydrogen) atoms. The van der Waals surface area contributed by atoms with Crippen LogP contribution >= 0.6 is 11.6 Å². The fourth-order valence-electron chi connectivity index (χ4n) is 3.12. The Labute approximate surface area is 184 Å². The number of amides is 1. The highest BCUT2D eigenvalue weighted by Crippen LogP contribution is 2.31. The standard InChI is InChI=1S/C22H18ClN3O4S/c1-30-19-12-17(23)5-8-20(19)31(28,29)18-6-2-15(3-7-18)13-25-22(27)16-4-9-21-24-10-11-26(21)14-16/h2-12,14H,13H2,1H3,(H,25,27). The van der Waals surface area contributed by atoms with E-state index >= 15 is 0 Å². The lowest BCUT2D eigenvalue weighted by molar-refractivity contribution is 0.0950. The van der Waals surface area contributed by atoms with Gasteiger partial charge < -0.3 is 14.5 Å². The summed E-state index contributed by atoms with van der Waals surface area (Å²) < 4.78 is 32.9. The summed E-state index contributed by atoms with van der Waals surface area (Å²) in [6, 6.07) is 14.2. The number of nitrogens with one attached hydrogen (secondary N) is 1. The highest BCUT2D eigenvalue weighted by Gasteiger charge is 2.22. The Morgan fingerprint density at radius 1 is 1.13 bits per heavy atom. The number of hydrogen-bond donors (Lipinski definition) is 1. The van der Waals surface area contributed by atoms with Crippen LogP contribution in [0.5, 0.6) is 5.75 Å². The highest BCUT2D eigenvalue weighted by atomic mass is 35.5. The molecule has 0 spiro atoms. The van der Waals surface area contributed by atoms with Crippen LogP contribution in [-0.2, 0) is 16.4 Å². The molecule has 0 aliphatic rings. The van der Waals surface area contributed by atoms with E-state index in [1.54, 1.807) is 47.3 Å². The van der Waals surface area contributed by atoms with Crippen LogP contribution in [-0.4, -0.2) is 30.8 Å². The Morgan fingerprint density at radius 2 is 1.90 bits per heavy atom. The van der Waals surface area contributed by atoms with Crippen molar-refractivity contribution in [3.05, 3.63) is 89.3 Å². The van der Waals surface area contributed by atoms with E-state index in [0.29, 0.717) is 10.6 Å². The lowest BCUT2D eigenvalue weighted by atomic mass is 10.2. The van der Waals surface area contributed by atoms with E-state index in [9.17, 15) is 13.2 Å². The second-order valence-corrected chi connectivity index (χ2v) is 9.09. The van der Waals surface area contributed by atoms with Gasteiger partial charge in [0.1, 0.15) is 16.3 Å². The van der Waals surface area contributed by atoms with Crippen LogP contribution in [0.4, 0.5) is 0 Å². The van der Waals surface area contributed by atoms with E-state index in [1.165, 1.54) is 37.4 Å². The molecule has 2 heterocycles. The van der Waals surface area contributed by atoms with Gasteiger partial charge in [0.05, 0.1) is 17.6 Å². The number of sulfone groups is 1. The molecule has 2 aromatic carbocycles. The number of imidazole rings is 1. The van der Waals surface area contributed by atoms with Crippen LogP contribution in [0.25, 0.3) is 5.65 Å². The molecule has 0 radical (unpaired) electrons. The van der Waals surface area contributed by atoms with Crippen molar-refractivity contribution in [3.63, 3.8) is 0 Å². The summed E-state index contributed by atoms with van der Waals surface area (Å²) in [5.74, 6) is -0.0584. The predicted octanol–water partition coefficient (Wildman–Crippen LogP) is 3.76. The number of rotatable bonds is 6. The van der Waals surface area contributed by atoms with Gasteiger partial charge in [-0.2, -0.15) is 0 Å². The number of hydrogen-bond acceptors (Lipinski definition) is 5. The third-order valence-corrected chi connectivity index (χ3v) is 6.80. The van der Waals surface area contributed by atoms with Crippen molar-refractivity contribution in [1.29, 1.82) is 0 Å². The summed E-state index contributed by atoms with van der Waals surface area (Å²) in [6.45, 7) is 0.255. The average Bonchev–Trinajstić information content (AvgIpc) is 3.25. The van der Waals surface area contributed by atoms with Crippen molar-refractivity contribution < 1.29 is 17.9 Å². The first-order chi connectivity index (χ1) is 14.9. The third kappa shape index (κ3) is 4.26. The van der Waals surface area contributed by atoms with Gasteiger partial charge in [-0.05, 0) is 42.0 Å². The molecule has 0 fully saturated rings. The van der Waals surface area contributed by atoms with Gasteiger partial charge in [-0.25, -0.2) is 13.4 Å². The monoisotopic (exact) mass is 455 g/mol. The largest absolute Gasteiger partial charge is 0.495 e. The molecule has 0 saturated carbocycles. The van der Waals surface area contributed by atoms with Crippen molar-refractivity contribution in [3.8, 4) is 5.75 Å². The predicted molar refractivity (Wildman–Crippen MR) is 116 cm³/mol. The van der Waals surface area contributed by atoms with E-state index in [0.717, 1.165) is 11.2 Å². The van der Waals surface area contributed by atoms with Crippen LogP contribution in [0.15, 0.2) is 83.0 Å². The van der Waals surface area contributed by atoms with E-state index in [4.69, 9.17) is 16.3 Å². The molecule has 4 rings (SSSR count). The summed E-state index contributed by atoms with van der Waals surface area (Å²) in [5, 5.41) is 3.21. The molecule has 0 saturated heterocycles. The Hall–Kier alpha value is -3.36. The van der Waals surface area contributed by atoms with Crippen molar-refractivity contribution in [2.24, 2.45) is 0 Å². The number of carbonyl (C=O) groups excluding carboxylic acids is 1. The van der Waals surface area contributed by atoms with Gasteiger partial charge in [0, 0.05) is 36.2 Å². The third-order valence-electron chi connectivity index (χ3n) is 4.75. The summed E-state index contributed by atoms with van der Waals surface area (Å²) in [7, 11) is -2.39. The van der Waals surface area contributed by atoms with E-state index in [-0.39, 0.29) is 28.0 Å². The van der Waals surface area contributed by atoms with Crippen LogP contribution < -0.4 is 10.1 Å². The molecule has 0 unspecified atom stereocenters. The van der Waals surface area contributed by atoms with Crippen LogP contribution in [0, 0.1) is 0 Å². The number of nitrogens with zero attached hydrogens (tertiary/aromatic N) is 2. The quantitative estimate of drug-likeness (QED) is 0.478. The van der Waals surface area contributed by atoms with E-state index in [1.807, 2.05) is 0 Å². The van der Waals surface area contributed by atoms with Gasteiger partial charge in [0.2, 0.25) is 9.84 Å². The SMILES string of the molecule is COc1cc(Cl)ccc1S(=O)(=O)c1ccc(CNC(=O)c2ccc3nccn3c2)cc1. The smallest absolute Gasteiger partial charge is 0.253 e. The van der Waals surface area contributed by atoms with Gasteiger partial charge >= 0.3 is 0 Å². The first-order valence-electron chi connectivity index (χ1n) is 9.27. The number of halogens is 1. The number of aromatic nitrogens is 2. The minimum Gasteiger partial charge on any atom is -0.495 e. The highest BCUT2D eigenvalue weighted by molar-refractivity contribution is 7.91.